The second-order valence-electron chi connectivity index (χ2n) is 13.9. The van der Waals surface area contributed by atoms with E-state index in [4.69, 9.17) is 20.9 Å². The summed E-state index contributed by atoms with van der Waals surface area (Å²) in [6.07, 6.45) is -1.33. The van der Waals surface area contributed by atoms with Gasteiger partial charge < -0.3 is 39.2 Å². The largest absolute Gasteiger partial charge is 0.374 e. The molecule has 4 amide bonds. The number of nitrogens with two attached hydrogens (primary N) is 2. The minimum absolute atomic E-state index is 0.154. The summed E-state index contributed by atoms with van der Waals surface area (Å²) in [5.41, 5.74) is 17.1. The van der Waals surface area contributed by atoms with Crippen LogP contribution in [0.25, 0.3) is 22.1 Å². The summed E-state index contributed by atoms with van der Waals surface area (Å²) in [5, 5.41) is 8.86. The minimum atomic E-state index is -0.663. The Hall–Kier alpha value is -6.40. The Bertz CT molecular complexity index is 2520. The zero-order chi connectivity index (χ0) is 42.0. The van der Waals surface area contributed by atoms with Crippen LogP contribution in [-0.4, -0.2) is 86.9 Å². The van der Waals surface area contributed by atoms with Crippen molar-refractivity contribution in [3.63, 3.8) is 0 Å². The molecule has 0 saturated carbocycles. The molecule has 18 heteroatoms. The van der Waals surface area contributed by atoms with Crippen molar-refractivity contribution in [1.29, 1.82) is 0 Å². The molecule has 4 N–H and O–H groups in total. The van der Waals surface area contributed by atoms with Crippen LogP contribution in [0.2, 0.25) is 0 Å². The van der Waals surface area contributed by atoms with E-state index in [1.54, 1.807) is 81.1 Å². The number of carbonyl (C=O) groups excluding carboxylic acids is 4. The Kier molecular flexibility index (Phi) is 12.1. The highest BCUT2D eigenvalue weighted by molar-refractivity contribution is 5.98. The van der Waals surface area contributed by atoms with Gasteiger partial charge in [-0.2, -0.15) is 20.2 Å². The van der Waals surface area contributed by atoms with Gasteiger partial charge >= 0.3 is 0 Å². The molecule has 0 spiro atoms. The lowest BCUT2D eigenvalue weighted by molar-refractivity contribution is -0.0800. The zero-order valence-electron chi connectivity index (χ0n) is 34.1. The minimum Gasteiger partial charge on any atom is -0.374 e. The van der Waals surface area contributed by atoms with Crippen molar-refractivity contribution in [2.45, 2.75) is 79.9 Å². The number of hydrogen-bond acceptors (Lipinski definition) is 8. The van der Waals surface area contributed by atoms with E-state index in [0.717, 1.165) is 0 Å². The molecule has 0 aliphatic carbocycles. The Morgan fingerprint density at radius 1 is 0.621 bits per heavy atom. The van der Waals surface area contributed by atoms with E-state index in [1.807, 2.05) is 50.7 Å². The standard InChI is InChI=1S/C40H50N12O6/c1-9-51-31(17-23(5)45-51)37(55)43-39-47(7)29-19-25(35(41)53)13-15-27(29)49(39)21-33(57-11-3)34(58-12-4)22-50-28-16-14-26(36(42)54)20-30(28)48(8)40(50)44-38(56)32-18-24(6)46-52(32)10-2/h13-20,33-34H,9-12,21-22H2,1-8H3,(H2,41,53)(H2,42,54)/t33-,34-/m1/s1. The second-order valence-corrected chi connectivity index (χ2v) is 13.9. The molecule has 0 aliphatic heterocycles. The van der Waals surface area contributed by atoms with Gasteiger partial charge in [0.25, 0.3) is 11.8 Å². The van der Waals surface area contributed by atoms with Crippen molar-refractivity contribution < 1.29 is 28.7 Å². The molecule has 6 rings (SSSR count). The molecule has 2 aromatic carbocycles. The number of nitrogens with zero attached hydrogens (tertiary/aromatic N) is 10. The number of amides is 4. The van der Waals surface area contributed by atoms with Crippen LogP contribution in [0.15, 0.2) is 58.5 Å². The number of aromatic nitrogens is 8. The monoisotopic (exact) mass is 794 g/mol. The molecule has 18 nitrogen and oxygen atoms in total. The fraction of sp³-hybridized carbons (Fsp3) is 0.400. The fourth-order valence-corrected chi connectivity index (χ4v) is 7.33. The summed E-state index contributed by atoms with van der Waals surface area (Å²) >= 11 is 0. The number of primary amides is 2. The number of hydrogen-bond donors (Lipinski definition) is 2. The van der Waals surface area contributed by atoms with Crippen LogP contribution in [0.4, 0.5) is 0 Å². The molecule has 58 heavy (non-hydrogen) atoms. The van der Waals surface area contributed by atoms with Gasteiger partial charge in [0.1, 0.15) is 23.6 Å². The first-order chi connectivity index (χ1) is 27.7. The normalized spacial score (nSPS) is 13.5. The predicted octanol–water partition coefficient (Wildman–Crippen LogP) is 2.51. The smallest absolute Gasteiger partial charge is 0.298 e. The third-order valence-corrected chi connectivity index (χ3v) is 10.1. The van der Waals surface area contributed by atoms with Crippen LogP contribution in [-0.2, 0) is 49.7 Å². The maximum atomic E-state index is 13.9. The number of benzene rings is 2. The second kappa shape index (κ2) is 17.0. The molecule has 0 radical (unpaired) electrons. The topological polar surface area (TPSA) is 219 Å². The highest BCUT2D eigenvalue weighted by atomic mass is 16.5. The number of ether oxygens (including phenoxy) is 2. The Morgan fingerprint density at radius 2 is 1.00 bits per heavy atom. The van der Waals surface area contributed by atoms with Gasteiger partial charge in [-0.1, -0.05) is 0 Å². The van der Waals surface area contributed by atoms with E-state index in [9.17, 15) is 19.2 Å². The van der Waals surface area contributed by atoms with Crippen molar-refractivity contribution in [2.75, 3.05) is 13.2 Å². The lowest BCUT2D eigenvalue weighted by Gasteiger charge is -2.28. The van der Waals surface area contributed by atoms with Crippen LogP contribution < -0.4 is 22.7 Å². The molecule has 6 aromatic rings. The van der Waals surface area contributed by atoms with E-state index in [1.165, 1.54) is 0 Å². The fourth-order valence-electron chi connectivity index (χ4n) is 7.33. The van der Waals surface area contributed by atoms with Crippen molar-refractivity contribution in [1.82, 2.24) is 37.8 Å². The third-order valence-electron chi connectivity index (χ3n) is 10.1. The SMILES string of the molecule is CCO[C@H](Cn1c(=NC(=O)c2cc(C)nn2CC)n(C)c2cc(C(N)=O)ccc21)[C@@H](Cn1c(=NC(=O)c2cc(C)nn2CC)n(C)c2cc(C(N)=O)ccc21)OCC. The van der Waals surface area contributed by atoms with Gasteiger partial charge in [0.2, 0.25) is 23.1 Å². The van der Waals surface area contributed by atoms with Gasteiger partial charge in [0, 0.05) is 51.5 Å². The van der Waals surface area contributed by atoms with Crippen molar-refractivity contribution in [2.24, 2.45) is 35.5 Å². The molecule has 0 unspecified atom stereocenters. The van der Waals surface area contributed by atoms with Gasteiger partial charge in [0.05, 0.1) is 46.5 Å². The van der Waals surface area contributed by atoms with E-state index in [2.05, 4.69) is 20.2 Å². The third kappa shape index (κ3) is 7.92. The summed E-state index contributed by atoms with van der Waals surface area (Å²) < 4.78 is 23.3. The quantitative estimate of drug-likeness (QED) is 0.157. The molecular weight excluding hydrogens is 745 g/mol. The van der Waals surface area contributed by atoms with Crippen molar-refractivity contribution in [3.05, 3.63) is 93.7 Å². The highest BCUT2D eigenvalue weighted by Crippen LogP contribution is 2.21. The van der Waals surface area contributed by atoms with Crippen LogP contribution in [0.5, 0.6) is 0 Å². The molecule has 0 bridgehead atoms. The predicted molar refractivity (Wildman–Crippen MR) is 215 cm³/mol. The van der Waals surface area contributed by atoms with E-state index >= 15 is 0 Å². The maximum absolute atomic E-state index is 13.9. The van der Waals surface area contributed by atoms with E-state index in [-0.39, 0.29) is 13.1 Å². The number of rotatable bonds is 15. The highest BCUT2D eigenvalue weighted by Gasteiger charge is 2.28. The van der Waals surface area contributed by atoms with Crippen LogP contribution in [0.3, 0.4) is 0 Å². The Balaban J connectivity index is 1.52. The summed E-state index contributed by atoms with van der Waals surface area (Å²) in [5.74, 6) is -2.19. The molecule has 2 atom stereocenters. The first-order valence-corrected chi connectivity index (χ1v) is 19.2. The lowest BCUT2D eigenvalue weighted by Crippen LogP contribution is -2.43. The molecule has 4 heterocycles. The summed E-state index contributed by atoms with van der Waals surface area (Å²) in [4.78, 5) is 61.5. The molecule has 4 aromatic heterocycles. The molecular formula is C40H50N12O6. The number of aryl methyl sites for hydroxylation is 6. The van der Waals surface area contributed by atoms with Gasteiger partial charge in [-0.3, -0.25) is 28.5 Å². The average Bonchev–Trinajstić information content (AvgIpc) is 3.92. The van der Waals surface area contributed by atoms with Crippen LogP contribution in [0, 0.1) is 13.8 Å². The van der Waals surface area contributed by atoms with Crippen LogP contribution in [0.1, 0.15) is 80.8 Å². The number of fused-ring (bicyclic) bond motifs is 2. The summed E-state index contributed by atoms with van der Waals surface area (Å²) in [6.45, 7) is 13.0. The maximum Gasteiger partial charge on any atom is 0.298 e. The van der Waals surface area contributed by atoms with Crippen LogP contribution >= 0.6 is 0 Å². The summed E-state index contributed by atoms with van der Waals surface area (Å²) in [6, 6.07) is 13.5. The molecule has 0 saturated heterocycles. The zero-order valence-corrected chi connectivity index (χ0v) is 34.1. The Morgan fingerprint density at radius 3 is 1.33 bits per heavy atom. The van der Waals surface area contributed by atoms with Crippen molar-refractivity contribution in [3.8, 4) is 0 Å². The molecule has 306 valence electrons. The van der Waals surface area contributed by atoms with Gasteiger partial charge in [-0.15, -0.1) is 0 Å². The van der Waals surface area contributed by atoms with Crippen molar-refractivity contribution >= 4 is 45.7 Å². The first-order valence-electron chi connectivity index (χ1n) is 19.2. The van der Waals surface area contributed by atoms with E-state index in [0.29, 0.717) is 93.5 Å². The van der Waals surface area contributed by atoms with Gasteiger partial charge in [-0.25, -0.2) is 0 Å². The average molecular weight is 795 g/mol. The van der Waals surface area contributed by atoms with Gasteiger partial charge in [-0.05, 0) is 90.1 Å². The number of carbonyl (C=O) groups is 4. The number of imidazole rings is 2. The molecule has 0 fully saturated rings. The first kappa shape index (κ1) is 41.2. The Labute approximate surface area is 334 Å². The lowest BCUT2D eigenvalue weighted by atomic mass is 10.1. The summed E-state index contributed by atoms with van der Waals surface area (Å²) in [7, 11) is 3.52. The molecule has 0 aliphatic rings. The van der Waals surface area contributed by atoms with Gasteiger partial charge in [0.15, 0.2) is 0 Å². The van der Waals surface area contributed by atoms with E-state index < -0.39 is 35.8 Å².